The van der Waals surface area contributed by atoms with Gasteiger partial charge < -0.3 is 15.7 Å². The maximum absolute atomic E-state index is 13.8. The molecule has 0 aliphatic heterocycles. The van der Waals surface area contributed by atoms with Gasteiger partial charge in [-0.2, -0.15) is 0 Å². The number of hydrogen-bond acceptors (Lipinski definition) is 4. The zero-order chi connectivity index (χ0) is 24.1. The van der Waals surface area contributed by atoms with E-state index in [4.69, 9.17) is 0 Å². The molecule has 0 fully saturated rings. The number of nitrogens with zero attached hydrogens (tertiary/aromatic N) is 1. The van der Waals surface area contributed by atoms with Crippen LogP contribution < -0.4 is 10.6 Å². The van der Waals surface area contributed by atoms with E-state index in [0.29, 0.717) is 22.3 Å². The van der Waals surface area contributed by atoms with E-state index in [2.05, 4.69) is 15.6 Å². The molecule has 4 aromatic rings. The van der Waals surface area contributed by atoms with Crippen molar-refractivity contribution in [3.63, 3.8) is 0 Å². The number of benzene rings is 3. The molecule has 0 aliphatic carbocycles. The number of fused-ring (bicyclic) bond motifs is 1. The maximum atomic E-state index is 13.8. The van der Waals surface area contributed by atoms with Gasteiger partial charge in [-0.05, 0) is 42.0 Å². The number of para-hydroxylation sites is 1. The van der Waals surface area contributed by atoms with Crippen molar-refractivity contribution in [3.05, 3.63) is 108 Å². The Balaban J connectivity index is 1.44. The number of carboxylic acid groups (broad SMARTS) is 1. The predicted octanol–water partition coefficient (Wildman–Crippen LogP) is 4.05. The number of carboxylic acids is 1. The van der Waals surface area contributed by atoms with E-state index < -0.39 is 23.7 Å². The number of carbonyl (C=O) groups excluding carboxylic acids is 2. The van der Waals surface area contributed by atoms with Crippen LogP contribution in [0.15, 0.2) is 85.1 Å². The minimum atomic E-state index is -1.25. The number of amides is 2. The predicted molar refractivity (Wildman–Crippen MR) is 125 cm³/mol. The van der Waals surface area contributed by atoms with Crippen molar-refractivity contribution in [2.24, 2.45) is 0 Å². The number of aliphatic carboxylic acids is 1. The lowest BCUT2D eigenvalue weighted by atomic mass is 10.0. The summed E-state index contributed by atoms with van der Waals surface area (Å²) in [5, 5.41) is 15.4. The number of carbonyl (C=O) groups is 3. The fourth-order valence-electron chi connectivity index (χ4n) is 3.53. The summed E-state index contributed by atoms with van der Waals surface area (Å²) < 4.78 is 13.8. The van der Waals surface area contributed by atoms with Gasteiger partial charge in [-0.15, -0.1) is 0 Å². The molecular weight excluding hydrogens is 437 g/mol. The largest absolute Gasteiger partial charge is 0.480 e. The van der Waals surface area contributed by atoms with E-state index in [9.17, 15) is 23.9 Å². The smallest absolute Gasteiger partial charge is 0.326 e. The third kappa shape index (κ3) is 5.07. The zero-order valence-corrected chi connectivity index (χ0v) is 17.9. The molecule has 8 heteroatoms. The molecule has 3 N–H and O–H groups in total. The summed E-state index contributed by atoms with van der Waals surface area (Å²) >= 11 is 0. The molecule has 0 spiro atoms. The molecule has 1 atom stereocenters. The van der Waals surface area contributed by atoms with Crippen LogP contribution in [0.2, 0.25) is 0 Å². The van der Waals surface area contributed by atoms with Gasteiger partial charge in [0.2, 0.25) is 0 Å². The summed E-state index contributed by atoms with van der Waals surface area (Å²) in [6.07, 6.45) is 1.56. The van der Waals surface area contributed by atoms with Gasteiger partial charge in [-0.3, -0.25) is 14.6 Å². The summed E-state index contributed by atoms with van der Waals surface area (Å²) in [7, 11) is 0. The quantitative estimate of drug-likeness (QED) is 0.388. The Hall–Kier alpha value is -4.59. The second kappa shape index (κ2) is 9.91. The van der Waals surface area contributed by atoms with Crippen LogP contribution in [-0.2, 0) is 11.2 Å². The van der Waals surface area contributed by atoms with Gasteiger partial charge >= 0.3 is 5.97 Å². The van der Waals surface area contributed by atoms with Crippen LogP contribution in [0.4, 0.5) is 10.1 Å². The highest BCUT2D eigenvalue weighted by Gasteiger charge is 2.22. The van der Waals surface area contributed by atoms with E-state index in [-0.39, 0.29) is 17.9 Å². The molecule has 1 heterocycles. The van der Waals surface area contributed by atoms with Gasteiger partial charge in [0.25, 0.3) is 11.8 Å². The first-order valence-corrected chi connectivity index (χ1v) is 10.4. The highest BCUT2D eigenvalue weighted by Crippen LogP contribution is 2.19. The van der Waals surface area contributed by atoms with Crippen molar-refractivity contribution in [1.82, 2.24) is 10.3 Å². The van der Waals surface area contributed by atoms with Crippen LogP contribution in [0.25, 0.3) is 10.9 Å². The average Bonchev–Trinajstić information content (AvgIpc) is 2.84. The van der Waals surface area contributed by atoms with Crippen LogP contribution >= 0.6 is 0 Å². The van der Waals surface area contributed by atoms with E-state index in [0.717, 1.165) is 11.5 Å². The van der Waals surface area contributed by atoms with Gasteiger partial charge in [-0.25, -0.2) is 9.18 Å². The number of halogens is 1. The molecule has 3 aromatic carbocycles. The number of aromatic nitrogens is 1. The molecule has 1 aromatic heterocycles. The lowest BCUT2D eigenvalue weighted by Gasteiger charge is -2.15. The van der Waals surface area contributed by atoms with E-state index in [1.165, 1.54) is 18.2 Å². The molecule has 7 nitrogen and oxygen atoms in total. The van der Waals surface area contributed by atoms with Gasteiger partial charge in [-0.1, -0.05) is 42.5 Å². The molecule has 170 valence electrons. The molecule has 0 saturated carbocycles. The second-order valence-corrected chi connectivity index (χ2v) is 7.57. The maximum Gasteiger partial charge on any atom is 0.326 e. The molecule has 2 amide bonds. The molecule has 1 unspecified atom stereocenters. The van der Waals surface area contributed by atoms with Crippen molar-refractivity contribution in [3.8, 4) is 0 Å². The Morgan fingerprint density at radius 3 is 2.29 bits per heavy atom. The minimum absolute atomic E-state index is 0.0151. The summed E-state index contributed by atoms with van der Waals surface area (Å²) in [5.41, 5.74) is 2.11. The molecule has 34 heavy (non-hydrogen) atoms. The van der Waals surface area contributed by atoms with Crippen molar-refractivity contribution < 1.29 is 23.9 Å². The van der Waals surface area contributed by atoms with E-state index in [1.54, 1.807) is 36.5 Å². The zero-order valence-electron chi connectivity index (χ0n) is 17.9. The number of rotatable bonds is 7. The normalized spacial score (nSPS) is 11.6. The van der Waals surface area contributed by atoms with E-state index in [1.807, 2.05) is 24.3 Å². The molecule has 0 radical (unpaired) electrons. The molecule has 0 saturated heterocycles. The monoisotopic (exact) mass is 457 g/mol. The Morgan fingerprint density at radius 2 is 1.56 bits per heavy atom. The Labute approximate surface area is 194 Å². The first kappa shape index (κ1) is 22.6. The van der Waals surface area contributed by atoms with Crippen LogP contribution in [-0.4, -0.2) is 33.9 Å². The van der Waals surface area contributed by atoms with E-state index >= 15 is 0 Å². The number of nitrogens with one attached hydrogen (secondary N) is 2. The second-order valence-electron chi connectivity index (χ2n) is 7.57. The lowest BCUT2D eigenvalue weighted by molar-refractivity contribution is -0.139. The fourth-order valence-corrected chi connectivity index (χ4v) is 3.53. The Kier molecular flexibility index (Phi) is 6.59. The standard InChI is InChI=1S/C26H20FN3O4/c27-21-7-3-1-6-20(21)25(32)30-23(26(33)34)15-16-9-11-17(12-10-16)29-24(31)19-13-14-28-22-8-4-2-5-18(19)22/h1-14,23H,15H2,(H,29,31)(H,30,32)(H,33,34). The molecule has 4 rings (SSSR count). The molecular formula is C26H20FN3O4. The van der Waals surface area contributed by atoms with Gasteiger partial charge in [0, 0.05) is 23.7 Å². The number of anilines is 1. The van der Waals surface area contributed by atoms with Crippen molar-refractivity contribution in [1.29, 1.82) is 0 Å². The van der Waals surface area contributed by atoms with Crippen molar-refractivity contribution in [2.75, 3.05) is 5.32 Å². The van der Waals surface area contributed by atoms with Crippen molar-refractivity contribution in [2.45, 2.75) is 12.5 Å². The van der Waals surface area contributed by atoms with Gasteiger partial charge in [0.1, 0.15) is 11.9 Å². The average molecular weight is 457 g/mol. The van der Waals surface area contributed by atoms with Gasteiger partial charge in [0.15, 0.2) is 0 Å². The first-order chi connectivity index (χ1) is 16.4. The summed E-state index contributed by atoms with van der Waals surface area (Å²) in [4.78, 5) is 41.0. The summed E-state index contributed by atoms with van der Waals surface area (Å²) in [5.74, 6) is -3.08. The third-order valence-electron chi connectivity index (χ3n) is 5.27. The number of hydrogen-bond donors (Lipinski definition) is 3. The number of pyridine rings is 1. The molecule has 0 bridgehead atoms. The highest BCUT2D eigenvalue weighted by atomic mass is 19.1. The van der Waals surface area contributed by atoms with Crippen LogP contribution in [0.3, 0.4) is 0 Å². The topological polar surface area (TPSA) is 108 Å². The Bertz CT molecular complexity index is 1370. The fraction of sp³-hybridized carbons (Fsp3) is 0.0769. The third-order valence-corrected chi connectivity index (χ3v) is 5.27. The van der Waals surface area contributed by atoms with Gasteiger partial charge in [0.05, 0.1) is 16.6 Å². The lowest BCUT2D eigenvalue weighted by Crippen LogP contribution is -2.42. The molecule has 0 aliphatic rings. The minimum Gasteiger partial charge on any atom is -0.480 e. The Morgan fingerprint density at radius 1 is 0.853 bits per heavy atom. The van der Waals surface area contributed by atoms with Crippen LogP contribution in [0.1, 0.15) is 26.3 Å². The summed E-state index contributed by atoms with van der Waals surface area (Å²) in [6.45, 7) is 0. The van der Waals surface area contributed by atoms with Crippen molar-refractivity contribution >= 4 is 34.4 Å². The van der Waals surface area contributed by atoms with Crippen LogP contribution in [0, 0.1) is 5.82 Å². The highest BCUT2D eigenvalue weighted by molar-refractivity contribution is 6.12. The summed E-state index contributed by atoms with van der Waals surface area (Å²) in [6, 6.07) is 19.7. The van der Waals surface area contributed by atoms with Crippen LogP contribution in [0.5, 0.6) is 0 Å². The first-order valence-electron chi connectivity index (χ1n) is 10.4. The SMILES string of the molecule is O=C(NC(Cc1ccc(NC(=O)c2ccnc3ccccc23)cc1)C(=O)O)c1ccccc1F.